The quantitative estimate of drug-likeness (QED) is 0.358. The Morgan fingerprint density at radius 2 is 1.51 bits per heavy atom. The van der Waals surface area contributed by atoms with Crippen molar-refractivity contribution in [2.24, 2.45) is 0 Å². The largest absolute Gasteiger partial charge is 0.494 e. The molecule has 10 heteroatoms. The maximum absolute atomic E-state index is 13.0. The van der Waals surface area contributed by atoms with Crippen LogP contribution in [0, 0.1) is 0 Å². The number of hydrogen-bond acceptors (Lipinski definition) is 6. The molecule has 0 atom stereocenters. The van der Waals surface area contributed by atoms with Crippen molar-refractivity contribution in [3.8, 4) is 5.75 Å². The van der Waals surface area contributed by atoms with E-state index in [4.69, 9.17) is 21.4 Å². The predicted octanol–water partition coefficient (Wildman–Crippen LogP) is 4.40. The molecular weight excluding hydrogens is 498 g/mol. The number of benzene rings is 3. The third-order valence-electron chi connectivity index (χ3n) is 5.44. The van der Waals surface area contributed by atoms with Crippen molar-refractivity contribution >= 4 is 52.4 Å². The average Bonchev–Trinajstić information content (AvgIpc) is 3.09. The number of imide groups is 1. The molecule has 0 fully saturated rings. The van der Waals surface area contributed by atoms with Crippen LogP contribution in [0.5, 0.6) is 5.75 Å². The molecule has 0 radical (unpaired) electrons. The van der Waals surface area contributed by atoms with Crippen LogP contribution >= 0.6 is 11.6 Å². The van der Waals surface area contributed by atoms with E-state index in [2.05, 4.69) is 10.6 Å². The van der Waals surface area contributed by atoms with Gasteiger partial charge in [0.2, 0.25) is 5.91 Å². The lowest BCUT2D eigenvalue weighted by Gasteiger charge is -2.15. The van der Waals surface area contributed by atoms with Gasteiger partial charge in [0.05, 0.1) is 24.3 Å². The van der Waals surface area contributed by atoms with E-state index in [1.54, 1.807) is 48.5 Å². The SMILES string of the molecule is CCOc1ccc(N2C(=O)C(Cl)=C(Nc3ccc(CC(=O)Nc4ccc(C(=O)O)cc4)cc3)C2=O)cc1. The number of ether oxygens (including phenoxy) is 1. The highest BCUT2D eigenvalue weighted by Gasteiger charge is 2.39. The lowest BCUT2D eigenvalue weighted by atomic mass is 10.1. The molecule has 0 spiro atoms. The maximum atomic E-state index is 13.0. The fraction of sp³-hybridized carbons (Fsp3) is 0.111. The lowest BCUT2D eigenvalue weighted by Crippen LogP contribution is -2.32. The molecule has 1 aliphatic heterocycles. The number of amides is 3. The molecule has 1 aliphatic rings. The van der Waals surface area contributed by atoms with Gasteiger partial charge in [0, 0.05) is 11.4 Å². The minimum atomic E-state index is -1.05. The minimum Gasteiger partial charge on any atom is -0.494 e. The Kier molecular flexibility index (Phi) is 7.55. The number of aromatic carboxylic acids is 1. The van der Waals surface area contributed by atoms with Gasteiger partial charge >= 0.3 is 5.97 Å². The number of halogens is 1. The van der Waals surface area contributed by atoms with Crippen LogP contribution in [-0.4, -0.2) is 35.4 Å². The van der Waals surface area contributed by atoms with Gasteiger partial charge in [0.25, 0.3) is 11.8 Å². The molecule has 0 saturated carbocycles. The number of carboxylic acid groups (broad SMARTS) is 1. The van der Waals surface area contributed by atoms with Gasteiger partial charge in [-0.1, -0.05) is 23.7 Å². The first-order valence-corrected chi connectivity index (χ1v) is 11.6. The first-order valence-electron chi connectivity index (χ1n) is 11.3. The van der Waals surface area contributed by atoms with Crippen molar-refractivity contribution in [1.29, 1.82) is 0 Å². The second-order valence-electron chi connectivity index (χ2n) is 7.99. The van der Waals surface area contributed by atoms with E-state index in [0.29, 0.717) is 35.0 Å². The number of rotatable bonds is 9. The molecule has 3 aromatic rings. The van der Waals surface area contributed by atoms with Crippen LogP contribution in [0.2, 0.25) is 0 Å². The van der Waals surface area contributed by atoms with Crippen LogP contribution in [0.15, 0.2) is 83.5 Å². The number of nitrogens with zero attached hydrogens (tertiary/aromatic N) is 1. The second-order valence-corrected chi connectivity index (χ2v) is 8.37. The van der Waals surface area contributed by atoms with E-state index in [-0.39, 0.29) is 28.6 Å². The Morgan fingerprint density at radius 1 is 0.892 bits per heavy atom. The third-order valence-corrected chi connectivity index (χ3v) is 5.79. The number of hydrogen-bond donors (Lipinski definition) is 3. The molecule has 0 unspecified atom stereocenters. The average molecular weight is 520 g/mol. The van der Waals surface area contributed by atoms with Crippen LogP contribution in [0.3, 0.4) is 0 Å². The molecule has 188 valence electrons. The molecule has 1 heterocycles. The van der Waals surface area contributed by atoms with Gasteiger partial charge in [0.1, 0.15) is 16.5 Å². The molecular formula is C27H22ClN3O6. The number of carboxylic acids is 1. The Labute approximate surface area is 217 Å². The summed E-state index contributed by atoms with van der Waals surface area (Å²) in [5.74, 6) is -1.93. The van der Waals surface area contributed by atoms with Crippen molar-refractivity contribution in [2.75, 3.05) is 22.1 Å². The van der Waals surface area contributed by atoms with Gasteiger partial charge in [-0.3, -0.25) is 14.4 Å². The first-order chi connectivity index (χ1) is 17.8. The normalized spacial score (nSPS) is 13.1. The Bertz CT molecular complexity index is 1380. The highest BCUT2D eigenvalue weighted by atomic mass is 35.5. The Morgan fingerprint density at radius 3 is 2.11 bits per heavy atom. The summed E-state index contributed by atoms with van der Waals surface area (Å²) in [5.41, 5.74) is 2.15. The molecule has 3 N–H and O–H groups in total. The monoisotopic (exact) mass is 519 g/mol. The summed E-state index contributed by atoms with van der Waals surface area (Å²) in [5, 5.41) is 14.3. The maximum Gasteiger partial charge on any atom is 0.335 e. The smallest absolute Gasteiger partial charge is 0.335 e. The van der Waals surface area contributed by atoms with Gasteiger partial charge < -0.3 is 20.5 Å². The summed E-state index contributed by atoms with van der Waals surface area (Å²) in [6, 6.07) is 19.1. The summed E-state index contributed by atoms with van der Waals surface area (Å²) in [4.78, 5) is 49.9. The van der Waals surface area contributed by atoms with Crippen LogP contribution < -0.4 is 20.3 Å². The van der Waals surface area contributed by atoms with Crippen LogP contribution in [0.4, 0.5) is 17.1 Å². The summed E-state index contributed by atoms with van der Waals surface area (Å²) in [7, 11) is 0. The fourth-order valence-electron chi connectivity index (χ4n) is 3.64. The summed E-state index contributed by atoms with van der Waals surface area (Å²) in [6.45, 7) is 2.35. The molecule has 0 saturated heterocycles. The molecule has 37 heavy (non-hydrogen) atoms. The highest BCUT2D eigenvalue weighted by molar-refractivity contribution is 6.53. The van der Waals surface area contributed by atoms with E-state index in [0.717, 1.165) is 4.90 Å². The zero-order valence-electron chi connectivity index (χ0n) is 19.7. The number of carbonyl (C=O) groups is 4. The van der Waals surface area contributed by atoms with Crippen molar-refractivity contribution in [3.05, 3.63) is 94.7 Å². The molecule has 9 nitrogen and oxygen atoms in total. The number of carbonyl (C=O) groups excluding carboxylic acids is 3. The van der Waals surface area contributed by atoms with Crippen LogP contribution in [0.25, 0.3) is 0 Å². The molecule has 0 bridgehead atoms. The van der Waals surface area contributed by atoms with Crippen molar-refractivity contribution < 1.29 is 29.0 Å². The molecule has 0 aliphatic carbocycles. The van der Waals surface area contributed by atoms with Crippen LogP contribution in [-0.2, 0) is 20.8 Å². The van der Waals surface area contributed by atoms with E-state index >= 15 is 0 Å². The third kappa shape index (κ3) is 5.79. The Balaban J connectivity index is 1.38. The fourth-order valence-corrected chi connectivity index (χ4v) is 3.85. The molecule has 3 aromatic carbocycles. The van der Waals surface area contributed by atoms with Gasteiger partial charge in [-0.25, -0.2) is 9.69 Å². The predicted molar refractivity (Wildman–Crippen MR) is 139 cm³/mol. The zero-order chi connectivity index (χ0) is 26.5. The lowest BCUT2D eigenvalue weighted by molar-refractivity contribution is -0.120. The second kappa shape index (κ2) is 11.0. The van der Waals surface area contributed by atoms with Crippen molar-refractivity contribution in [1.82, 2.24) is 0 Å². The molecule has 0 aromatic heterocycles. The van der Waals surface area contributed by atoms with Crippen molar-refractivity contribution in [2.45, 2.75) is 13.3 Å². The zero-order valence-corrected chi connectivity index (χ0v) is 20.4. The summed E-state index contributed by atoms with van der Waals surface area (Å²) in [6.07, 6.45) is 0.0767. The highest BCUT2D eigenvalue weighted by Crippen LogP contribution is 2.31. The van der Waals surface area contributed by atoms with E-state index in [1.165, 1.54) is 24.3 Å². The number of nitrogens with one attached hydrogen (secondary N) is 2. The van der Waals surface area contributed by atoms with Gasteiger partial charge in [-0.2, -0.15) is 0 Å². The topological polar surface area (TPSA) is 125 Å². The van der Waals surface area contributed by atoms with Crippen LogP contribution in [0.1, 0.15) is 22.8 Å². The first kappa shape index (κ1) is 25.5. The minimum absolute atomic E-state index is 0.0455. The molecule has 3 amide bonds. The molecule has 4 rings (SSSR count). The van der Waals surface area contributed by atoms with Gasteiger partial charge in [-0.05, 0) is 73.2 Å². The van der Waals surface area contributed by atoms with Gasteiger partial charge in [-0.15, -0.1) is 0 Å². The van der Waals surface area contributed by atoms with Crippen molar-refractivity contribution in [3.63, 3.8) is 0 Å². The van der Waals surface area contributed by atoms with E-state index in [9.17, 15) is 19.2 Å². The Hall–Kier alpha value is -4.63. The summed E-state index contributed by atoms with van der Waals surface area (Å²) >= 11 is 6.20. The standard InChI is InChI=1S/C27H22ClN3O6/c1-2-37-21-13-11-20(12-14-21)31-25(33)23(28)24(26(31)34)30-19-7-3-16(4-8-19)15-22(32)29-18-9-5-17(6-10-18)27(35)36/h3-14,30H,2,15H2,1H3,(H,29,32)(H,35,36). The van der Waals surface area contributed by atoms with Gasteiger partial charge in [0.15, 0.2) is 0 Å². The summed E-state index contributed by atoms with van der Waals surface area (Å²) < 4.78 is 5.39. The van der Waals surface area contributed by atoms with E-state index < -0.39 is 17.8 Å². The number of anilines is 3. The van der Waals surface area contributed by atoms with E-state index in [1.807, 2.05) is 6.92 Å².